The van der Waals surface area contributed by atoms with Gasteiger partial charge in [0.2, 0.25) is 0 Å². The van der Waals surface area contributed by atoms with Crippen LogP contribution < -0.4 is 0 Å². The van der Waals surface area contributed by atoms with Crippen molar-refractivity contribution in [2.45, 2.75) is 0 Å². The Morgan fingerprint density at radius 2 is 1.95 bits per heavy atom. The molecule has 0 aliphatic carbocycles. The molecule has 0 bridgehead atoms. The number of nitrogens with zero attached hydrogens (tertiary/aromatic N) is 1. The van der Waals surface area contributed by atoms with Crippen molar-refractivity contribution in [3.63, 3.8) is 0 Å². The molecule has 1 aliphatic rings. The van der Waals surface area contributed by atoms with Crippen molar-refractivity contribution in [1.82, 2.24) is 0 Å². The van der Waals surface area contributed by atoms with Gasteiger partial charge in [-0.25, -0.2) is 4.79 Å². The van der Waals surface area contributed by atoms with E-state index in [4.69, 9.17) is 0 Å². The van der Waals surface area contributed by atoms with Gasteiger partial charge in [0, 0.05) is 23.6 Å². The standard InChI is InChI=1S/C14H11NO5S2/c16-11(12(13(17)18)14-21-6-7-22-14)5-4-9-2-1-3-10(8-9)15(19)20/h1-5,8H,6-7H2,(H,17,18). The van der Waals surface area contributed by atoms with Crippen molar-refractivity contribution in [3.05, 3.63) is 55.8 Å². The molecular formula is C14H11NO5S2. The van der Waals surface area contributed by atoms with E-state index in [-0.39, 0.29) is 11.3 Å². The Kier molecular flexibility index (Phi) is 5.40. The van der Waals surface area contributed by atoms with Crippen LogP contribution in [0.1, 0.15) is 5.56 Å². The van der Waals surface area contributed by atoms with E-state index in [0.29, 0.717) is 9.80 Å². The topological polar surface area (TPSA) is 97.5 Å². The number of non-ortho nitro benzene ring substituents is 1. The number of carboxylic acid groups (broad SMARTS) is 1. The normalized spacial score (nSPS) is 14.3. The molecule has 22 heavy (non-hydrogen) atoms. The van der Waals surface area contributed by atoms with Gasteiger partial charge in [-0.05, 0) is 11.6 Å². The van der Waals surface area contributed by atoms with Crippen LogP contribution in [0, 0.1) is 10.1 Å². The number of thioether (sulfide) groups is 2. The summed E-state index contributed by atoms with van der Waals surface area (Å²) in [7, 11) is 0. The van der Waals surface area contributed by atoms with E-state index in [2.05, 4.69) is 0 Å². The number of allylic oxidation sites excluding steroid dienone is 1. The van der Waals surface area contributed by atoms with Gasteiger partial charge in [-0.15, -0.1) is 23.5 Å². The minimum absolute atomic E-state index is 0.0895. The number of hydrogen-bond acceptors (Lipinski definition) is 6. The largest absolute Gasteiger partial charge is 0.477 e. The van der Waals surface area contributed by atoms with Crippen LogP contribution in [-0.2, 0) is 9.59 Å². The maximum absolute atomic E-state index is 12.1. The zero-order valence-corrected chi connectivity index (χ0v) is 12.9. The van der Waals surface area contributed by atoms with Gasteiger partial charge in [-0.1, -0.05) is 18.2 Å². The molecular weight excluding hydrogens is 326 g/mol. The first-order valence-electron chi connectivity index (χ1n) is 6.19. The molecule has 0 saturated carbocycles. The summed E-state index contributed by atoms with van der Waals surface area (Å²) in [6, 6.07) is 5.76. The Morgan fingerprint density at radius 1 is 1.27 bits per heavy atom. The molecule has 0 unspecified atom stereocenters. The Morgan fingerprint density at radius 3 is 2.55 bits per heavy atom. The molecule has 0 aromatic heterocycles. The van der Waals surface area contributed by atoms with Crippen LogP contribution >= 0.6 is 23.5 Å². The van der Waals surface area contributed by atoms with E-state index >= 15 is 0 Å². The molecule has 114 valence electrons. The quantitative estimate of drug-likeness (QED) is 0.290. The molecule has 1 N–H and O–H groups in total. The number of aliphatic carboxylic acids is 1. The lowest BCUT2D eigenvalue weighted by molar-refractivity contribution is -0.384. The second-order valence-corrected chi connectivity index (χ2v) is 6.68. The average Bonchev–Trinajstić information content (AvgIpc) is 2.99. The number of nitro benzene ring substituents is 1. The van der Waals surface area contributed by atoms with Gasteiger partial charge in [0.05, 0.1) is 9.16 Å². The van der Waals surface area contributed by atoms with Gasteiger partial charge in [-0.3, -0.25) is 14.9 Å². The summed E-state index contributed by atoms with van der Waals surface area (Å²) in [5.41, 5.74) is 0.131. The molecule has 1 heterocycles. The van der Waals surface area contributed by atoms with Gasteiger partial charge >= 0.3 is 5.97 Å². The Balaban J connectivity index is 2.23. The predicted molar refractivity (Wildman–Crippen MR) is 86.7 cm³/mol. The van der Waals surface area contributed by atoms with Gasteiger partial charge in [-0.2, -0.15) is 0 Å². The third-order valence-corrected chi connectivity index (χ3v) is 5.44. The Labute approximate surface area is 134 Å². The lowest BCUT2D eigenvalue weighted by Crippen LogP contribution is -2.11. The molecule has 1 aromatic rings. The van der Waals surface area contributed by atoms with Crippen LogP contribution in [0.2, 0.25) is 0 Å². The summed E-state index contributed by atoms with van der Waals surface area (Å²) in [6.07, 6.45) is 2.51. The van der Waals surface area contributed by atoms with E-state index < -0.39 is 16.7 Å². The highest BCUT2D eigenvalue weighted by Crippen LogP contribution is 2.39. The van der Waals surface area contributed by atoms with E-state index in [1.54, 1.807) is 6.07 Å². The summed E-state index contributed by atoms with van der Waals surface area (Å²) in [6.45, 7) is 0. The Bertz CT molecular complexity index is 688. The highest BCUT2D eigenvalue weighted by molar-refractivity contribution is 8.25. The maximum Gasteiger partial charge on any atom is 0.341 e. The second kappa shape index (κ2) is 7.28. The van der Waals surface area contributed by atoms with E-state index in [1.165, 1.54) is 47.8 Å². The summed E-state index contributed by atoms with van der Waals surface area (Å²) in [5.74, 6) is -0.321. The summed E-state index contributed by atoms with van der Waals surface area (Å²) in [5, 5.41) is 19.9. The summed E-state index contributed by atoms with van der Waals surface area (Å²) < 4.78 is 0.515. The fourth-order valence-corrected chi connectivity index (χ4v) is 4.28. The molecule has 2 rings (SSSR count). The van der Waals surface area contributed by atoms with Crippen molar-refractivity contribution in [3.8, 4) is 0 Å². The molecule has 1 fully saturated rings. The lowest BCUT2D eigenvalue weighted by atomic mass is 10.1. The van der Waals surface area contributed by atoms with Crippen LogP contribution in [0.25, 0.3) is 6.08 Å². The smallest absolute Gasteiger partial charge is 0.341 e. The molecule has 0 radical (unpaired) electrons. The van der Waals surface area contributed by atoms with Crippen molar-refractivity contribution in [2.75, 3.05) is 11.5 Å². The minimum atomic E-state index is -1.26. The van der Waals surface area contributed by atoms with E-state index in [0.717, 1.165) is 17.6 Å². The third kappa shape index (κ3) is 3.99. The van der Waals surface area contributed by atoms with Gasteiger partial charge in [0.15, 0.2) is 5.78 Å². The first kappa shape index (κ1) is 16.3. The Hall–Kier alpha value is -2.06. The SMILES string of the molecule is O=C(O)C(C(=O)C=Cc1cccc([N+](=O)[O-])c1)=C1SCCS1. The van der Waals surface area contributed by atoms with E-state index in [1.807, 2.05) is 0 Å². The maximum atomic E-state index is 12.1. The molecule has 1 saturated heterocycles. The fraction of sp³-hybridized carbons (Fsp3) is 0.143. The number of carbonyl (C=O) groups is 2. The molecule has 8 heteroatoms. The zero-order valence-electron chi connectivity index (χ0n) is 11.2. The third-order valence-electron chi connectivity index (χ3n) is 2.72. The summed E-state index contributed by atoms with van der Waals surface area (Å²) >= 11 is 2.71. The number of carboxylic acids is 1. The van der Waals surface area contributed by atoms with Crippen LogP contribution in [0.3, 0.4) is 0 Å². The second-order valence-electron chi connectivity index (χ2n) is 4.21. The highest BCUT2D eigenvalue weighted by Gasteiger charge is 2.24. The van der Waals surface area contributed by atoms with Crippen LogP contribution in [-0.4, -0.2) is 33.3 Å². The van der Waals surface area contributed by atoms with Gasteiger partial charge in [0.25, 0.3) is 5.69 Å². The van der Waals surface area contributed by atoms with Crippen LogP contribution in [0.15, 0.2) is 40.2 Å². The summed E-state index contributed by atoms with van der Waals surface area (Å²) in [4.78, 5) is 33.5. The van der Waals surface area contributed by atoms with Crippen molar-refractivity contribution in [2.24, 2.45) is 0 Å². The van der Waals surface area contributed by atoms with Crippen LogP contribution in [0.5, 0.6) is 0 Å². The van der Waals surface area contributed by atoms with Crippen LogP contribution in [0.4, 0.5) is 5.69 Å². The molecule has 0 atom stereocenters. The molecule has 1 aliphatic heterocycles. The number of ketones is 1. The number of carbonyl (C=O) groups excluding carboxylic acids is 1. The van der Waals surface area contributed by atoms with Crippen molar-refractivity contribution in [1.29, 1.82) is 0 Å². The monoisotopic (exact) mass is 337 g/mol. The first-order valence-corrected chi connectivity index (χ1v) is 8.16. The number of benzene rings is 1. The number of rotatable bonds is 5. The molecule has 6 nitrogen and oxygen atoms in total. The highest BCUT2D eigenvalue weighted by atomic mass is 32.2. The lowest BCUT2D eigenvalue weighted by Gasteiger charge is -2.01. The zero-order chi connectivity index (χ0) is 16.1. The van der Waals surface area contributed by atoms with E-state index in [9.17, 15) is 24.8 Å². The van der Waals surface area contributed by atoms with Gasteiger partial charge < -0.3 is 5.11 Å². The van der Waals surface area contributed by atoms with Crippen molar-refractivity contribution >= 4 is 47.0 Å². The molecule has 1 aromatic carbocycles. The van der Waals surface area contributed by atoms with Gasteiger partial charge in [0.1, 0.15) is 5.57 Å². The fourth-order valence-electron chi connectivity index (χ4n) is 1.75. The first-order chi connectivity index (χ1) is 10.5. The predicted octanol–water partition coefficient (Wildman–Crippen LogP) is 2.95. The van der Waals surface area contributed by atoms with Crippen molar-refractivity contribution < 1.29 is 19.6 Å². The minimum Gasteiger partial charge on any atom is -0.477 e. The molecule has 0 spiro atoms. The number of hydrogen-bond donors (Lipinski definition) is 1. The molecule has 0 amide bonds. The number of nitro groups is 1. The average molecular weight is 337 g/mol.